The summed E-state index contributed by atoms with van der Waals surface area (Å²) in [6.45, 7) is 2.64. The number of hydrogen-bond donors (Lipinski definition) is 2. The van der Waals surface area contributed by atoms with Crippen LogP contribution < -0.4 is 5.32 Å². The summed E-state index contributed by atoms with van der Waals surface area (Å²) >= 11 is 13.3. The number of aliphatic carboxylic acids is 1. The summed E-state index contributed by atoms with van der Waals surface area (Å²) in [4.78, 5) is 46.8. The summed E-state index contributed by atoms with van der Waals surface area (Å²) in [6.07, 6.45) is 5.25. The number of nitrogens with zero attached hydrogens (tertiary/aromatic N) is 3. The number of rotatable bonds is 10. The number of anilines is 1. The predicted molar refractivity (Wildman–Crippen MR) is 175 cm³/mol. The van der Waals surface area contributed by atoms with Crippen molar-refractivity contribution in [1.29, 1.82) is 0 Å². The minimum Gasteiger partial charge on any atom is -0.481 e. The van der Waals surface area contributed by atoms with Crippen LogP contribution in [0.1, 0.15) is 48.2 Å². The van der Waals surface area contributed by atoms with Gasteiger partial charge in [0.05, 0.1) is 47.9 Å². The molecule has 3 fully saturated rings. The number of likely N-dealkylation sites (tertiary alicyclic amines) is 2. The maximum atomic E-state index is 13.8. The van der Waals surface area contributed by atoms with Gasteiger partial charge in [0.15, 0.2) is 0 Å². The molecule has 2 atom stereocenters. The third-order valence-electron chi connectivity index (χ3n) is 9.60. The smallest absolute Gasteiger partial charge is 0.306 e. The Labute approximate surface area is 277 Å². The van der Waals surface area contributed by atoms with Crippen LogP contribution in [-0.4, -0.2) is 95.3 Å². The van der Waals surface area contributed by atoms with Crippen molar-refractivity contribution in [3.05, 3.63) is 70.0 Å². The molecule has 1 aromatic heterocycles. The molecule has 1 aliphatic carbocycles. The van der Waals surface area contributed by atoms with Gasteiger partial charge in [-0.2, -0.15) is 0 Å². The van der Waals surface area contributed by atoms with Crippen molar-refractivity contribution >= 4 is 57.4 Å². The number of fused-ring (bicyclic) bond motifs is 1. The van der Waals surface area contributed by atoms with E-state index in [1.165, 1.54) is 0 Å². The fourth-order valence-corrected chi connectivity index (χ4v) is 7.29. The number of aromatic nitrogens is 1. The number of methoxy groups -OCH3 is 1. The van der Waals surface area contributed by atoms with Crippen molar-refractivity contribution in [2.45, 2.75) is 62.8 Å². The molecule has 46 heavy (non-hydrogen) atoms. The number of halogens is 2. The number of carbonyl (C=O) groups is 3. The molecule has 12 heteroatoms. The Balaban J connectivity index is 1.12. The highest BCUT2D eigenvalue weighted by Gasteiger charge is 2.42. The second kappa shape index (κ2) is 14.2. The molecule has 2 amide bonds. The average Bonchev–Trinajstić information content (AvgIpc) is 3.45. The molecule has 6 rings (SSSR count). The number of nitrogens with one attached hydrogen (secondary N) is 1. The Kier molecular flexibility index (Phi) is 10.1. The summed E-state index contributed by atoms with van der Waals surface area (Å²) in [5.41, 5.74) is 1.17. The molecule has 2 aliphatic heterocycles. The van der Waals surface area contributed by atoms with Crippen LogP contribution in [0.15, 0.2) is 48.7 Å². The van der Waals surface area contributed by atoms with Crippen molar-refractivity contribution in [2.75, 3.05) is 38.7 Å². The monoisotopic (exact) mass is 668 g/mol. The zero-order valence-corrected chi connectivity index (χ0v) is 27.2. The highest BCUT2D eigenvalue weighted by Crippen LogP contribution is 2.33. The van der Waals surface area contributed by atoms with Gasteiger partial charge in [-0.05, 0) is 61.3 Å². The largest absolute Gasteiger partial charge is 0.481 e. The Bertz CT molecular complexity index is 1600. The maximum Gasteiger partial charge on any atom is 0.306 e. The number of carboxylic acid groups (broad SMARTS) is 1. The second-order valence-corrected chi connectivity index (χ2v) is 13.3. The lowest BCUT2D eigenvalue weighted by molar-refractivity contribution is -0.144. The average molecular weight is 670 g/mol. The van der Waals surface area contributed by atoms with Crippen LogP contribution in [0.2, 0.25) is 10.0 Å². The summed E-state index contributed by atoms with van der Waals surface area (Å²) in [6, 6.07) is 12.6. The van der Waals surface area contributed by atoms with Gasteiger partial charge in [-0.1, -0.05) is 47.5 Å². The molecular formula is C34H38Cl2N4O6. The highest BCUT2D eigenvalue weighted by molar-refractivity contribution is 6.36. The molecule has 0 radical (unpaired) electrons. The number of carbonyl (C=O) groups excluding carboxylic acids is 2. The summed E-state index contributed by atoms with van der Waals surface area (Å²) in [5.74, 6) is -1.54. The van der Waals surface area contributed by atoms with E-state index < -0.39 is 11.9 Å². The van der Waals surface area contributed by atoms with Crippen LogP contribution in [0.3, 0.4) is 0 Å². The first-order valence-electron chi connectivity index (χ1n) is 15.7. The first-order valence-corrected chi connectivity index (χ1v) is 16.5. The zero-order valence-electron chi connectivity index (χ0n) is 25.7. The lowest BCUT2D eigenvalue weighted by Crippen LogP contribution is -2.56. The molecule has 0 spiro atoms. The van der Waals surface area contributed by atoms with Crippen LogP contribution in [0.4, 0.5) is 5.69 Å². The van der Waals surface area contributed by atoms with Crippen LogP contribution in [0.5, 0.6) is 0 Å². The lowest BCUT2D eigenvalue weighted by atomic mass is 9.87. The highest BCUT2D eigenvalue weighted by atomic mass is 35.5. The molecule has 1 unspecified atom stereocenters. The third kappa shape index (κ3) is 7.16. The van der Waals surface area contributed by atoms with E-state index in [0.29, 0.717) is 55.1 Å². The standard InChI is InChI=1S/C34H38Cl2N4O6/c1-45-26-17-39(18-26)23-14-24(19-46-25-8-6-21(7-9-25)34(43)44)40(16-23)31(41)13-22-12-29(36)30(15-28(22)35)38-33(42)32-27-5-3-2-4-20(27)10-11-37-32/h2-5,10-12,15,21,23-26H,6-9,13-14,16-19H2,1H3,(H,38,42)(H,43,44)/t21?,23-,24?,25?/m0/s1. The topological polar surface area (TPSA) is 121 Å². The predicted octanol–water partition coefficient (Wildman–Crippen LogP) is 5.30. The molecule has 2 N–H and O–H groups in total. The van der Waals surface area contributed by atoms with Crippen LogP contribution in [0, 0.1) is 5.92 Å². The van der Waals surface area contributed by atoms with Gasteiger partial charge in [0.1, 0.15) is 5.69 Å². The summed E-state index contributed by atoms with van der Waals surface area (Å²) in [7, 11) is 1.72. The third-order valence-corrected chi connectivity index (χ3v) is 10.3. The lowest BCUT2D eigenvalue weighted by Gasteiger charge is -2.42. The minimum atomic E-state index is -0.742. The molecule has 244 valence electrons. The van der Waals surface area contributed by atoms with Crippen molar-refractivity contribution in [3.63, 3.8) is 0 Å². The van der Waals surface area contributed by atoms with E-state index in [1.807, 2.05) is 35.2 Å². The molecular weight excluding hydrogens is 631 g/mol. The van der Waals surface area contributed by atoms with E-state index in [1.54, 1.807) is 25.4 Å². The Hall–Kier alpha value is -3.28. The summed E-state index contributed by atoms with van der Waals surface area (Å²) in [5, 5.41) is 14.4. The van der Waals surface area contributed by atoms with Gasteiger partial charge in [-0.15, -0.1) is 0 Å². The van der Waals surface area contributed by atoms with Gasteiger partial charge in [0.2, 0.25) is 5.91 Å². The molecule has 0 bridgehead atoms. The van der Waals surface area contributed by atoms with Crippen molar-refractivity contribution in [2.24, 2.45) is 5.92 Å². The molecule has 2 aromatic carbocycles. The van der Waals surface area contributed by atoms with Gasteiger partial charge in [0.25, 0.3) is 5.91 Å². The Morgan fingerprint density at radius 3 is 2.50 bits per heavy atom. The van der Waals surface area contributed by atoms with Gasteiger partial charge < -0.3 is 24.8 Å². The van der Waals surface area contributed by atoms with Crippen LogP contribution >= 0.6 is 23.2 Å². The van der Waals surface area contributed by atoms with E-state index in [2.05, 4.69) is 15.2 Å². The molecule has 3 aromatic rings. The van der Waals surface area contributed by atoms with E-state index in [9.17, 15) is 19.5 Å². The molecule has 2 saturated heterocycles. The number of ether oxygens (including phenoxy) is 2. The normalized spacial score (nSPS) is 23.8. The van der Waals surface area contributed by atoms with E-state index in [-0.39, 0.29) is 53.3 Å². The Morgan fingerprint density at radius 1 is 1.00 bits per heavy atom. The minimum absolute atomic E-state index is 0.00596. The van der Waals surface area contributed by atoms with Gasteiger partial charge in [-0.3, -0.25) is 24.3 Å². The van der Waals surface area contributed by atoms with Gasteiger partial charge >= 0.3 is 5.97 Å². The Morgan fingerprint density at radius 2 is 1.76 bits per heavy atom. The number of carboxylic acids is 1. The van der Waals surface area contributed by atoms with Crippen LogP contribution in [-0.2, 0) is 25.5 Å². The van der Waals surface area contributed by atoms with Crippen molar-refractivity contribution in [1.82, 2.24) is 14.8 Å². The van der Waals surface area contributed by atoms with Gasteiger partial charge in [0, 0.05) is 49.4 Å². The first kappa shape index (κ1) is 32.7. The second-order valence-electron chi connectivity index (χ2n) is 12.5. The first-order chi connectivity index (χ1) is 22.2. The van der Waals surface area contributed by atoms with E-state index >= 15 is 0 Å². The van der Waals surface area contributed by atoms with Crippen molar-refractivity contribution < 1.29 is 29.0 Å². The fourth-order valence-electron chi connectivity index (χ4n) is 6.83. The molecule has 1 saturated carbocycles. The SMILES string of the molecule is COC1CN([C@H]2CC(COC3CCC(C(=O)O)CC3)N(C(=O)Cc3cc(Cl)c(NC(=O)c4nccc5ccccc45)cc3Cl)C2)C1. The van der Waals surface area contributed by atoms with Crippen molar-refractivity contribution in [3.8, 4) is 0 Å². The number of pyridine rings is 1. The zero-order chi connectivity index (χ0) is 32.4. The number of hydrogen-bond acceptors (Lipinski definition) is 7. The molecule has 3 heterocycles. The summed E-state index contributed by atoms with van der Waals surface area (Å²) < 4.78 is 11.7. The molecule has 3 aliphatic rings. The van der Waals surface area contributed by atoms with E-state index in [4.69, 9.17) is 32.7 Å². The molecule has 10 nitrogen and oxygen atoms in total. The maximum absolute atomic E-state index is 13.8. The van der Waals surface area contributed by atoms with Crippen LogP contribution in [0.25, 0.3) is 10.8 Å². The van der Waals surface area contributed by atoms with E-state index in [0.717, 1.165) is 30.3 Å². The number of amides is 2. The van der Waals surface area contributed by atoms with Gasteiger partial charge in [-0.25, -0.2) is 0 Å². The fraction of sp³-hybridized carbons (Fsp3) is 0.471. The quantitative estimate of drug-likeness (QED) is 0.299. The number of benzene rings is 2.